The summed E-state index contributed by atoms with van der Waals surface area (Å²) in [6, 6.07) is 0. The number of aromatic amines is 1. The monoisotopic (exact) mass is 384 g/mol. The molecule has 0 bridgehead atoms. The molecule has 0 fully saturated rings. The number of carbonyl (C=O) groups is 1. The highest BCUT2D eigenvalue weighted by Gasteiger charge is 2.24. The number of aromatic nitrogens is 2. The minimum atomic E-state index is -0.420. The zero-order valence-corrected chi connectivity index (χ0v) is 15.7. The molecule has 0 atom stereocenters. The van der Waals surface area contributed by atoms with E-state index in [1.165, 1.54) is 0 Å². The van der Waals surface area contributed by atoms with Gasteiger partial charge in [-0.25, -0.2) is 9.38 Å². The Morgan fingerprint density at radius 1 is 1.54 bits per heavy atom. The number of ether oxygens (including phenoxy) is 1. The van der Waals surface area contributed by atoms with Gasteiger partial charge >= 0.3 is 0 Å². The number of H-pyrrole nitrogens is 1. The van der Waals surface area contributed by atoms with Gasteiger partial charge in [0.2, 0.25) is 6.41 Å². The van der Waals surface area contributed by atoms with E-state index in [1.807, 2.05) is 6.92 Å². The summed E-state index contributed by atoms with van der Waals surface area (Å²) in [4.78, 5) is 20.7. The Balaban J connectivity index is 2.16. The lowest BCUT2D eigenvalue weighted by Gasteiger charge is -2.21. The largest absolute Gasteiger partial charge is 0.489 e. The van der Waals surface area contributed by atoms with Gasteiger partial charge in [0.1, 0.15) is 11.3 Å². The first-order valence-electron chi connectivity index (χ1n) is 8.83. The van der Waals surface area contributed by atoms with Gasteiger partial charge < -0.3 is 15.0 Å². The number of amides is 1. The molecule has 1 aliphatic rings. The molecule has 3 rings (SSSR count). The molecule has 2 aromatic rings. The second-order valence-corrected chi connectivity index (χ2v) is 5.90. The number of carbonyl (C=O) groups excluding carboxylic acids is 1. The van der Waals surface area contributed by atoms with Crippen molar-refractivity contribution in [3.05, 3.63) is 41.4 Å². The van der Waals surface area contributed by atoms with Crippen LogP contribution in [0.2, 0.25) is 0 Å². The van der Waals surface area contributed by atoms with Crippen molar-refractivity contribution in [2.24, 2.45) is 9.98 Å². The lowest BCUT2D eigenvalue weighted by Crippen LogP contribution is -2.20. The molecule has 0 unspecified atom stereocenters. The Hall–Kier alpha value is -3.49. The van der Waals surface area contributed by atoms with Crippen LogP contribution in [0.5, 0.6) is 5.75 Å². The van der Waals surface area contributed by atoms with Crippen LogP contribution in [0.25, 0.3) is 16.6 Å². The SMILES string of the molecule is C=N/C(=C\N1C=C(c2c(CC)c(F)c(OCC)c3[nH]ncc23)N=CC1)NC=O. The van der Waals surface area contributed by atoms with E-state index >= 15 is 4.39 Å². The predicted octanol–water partition coefficient (Wildman–Crippen LogP) is 2.59. The number of hydrogen-bond donors (Lipinski definition) is 2. The van der Waals surface area contributed by atoms with E-state index in [1.54, 1.807) is 36.6 Å². The first-order valence-corrected chi connectivity index (χ1v) is 8.83. The molecule has 0 aliphatic carbocycles. The Kier molecular flexibility index (Phi) is 5.83. The summed E-state index contributed by atoms with van der Waals surface area (Å²) in [7, 11) is 0. The maximum absolute atomic E-state index is 15.2. The van der Waals surface area contributed by atoms with E-state index < -0.39 is 5.82 Å². The van der Waals surface area contributed by atoms with Crippen LogP contribution in [0.3, 0.4) is 0 Å². The Bertz CT molecular complexity index is 992. The van der Waals surface area contributed by atoms with Crippen molar-refractivity contribution >= 4 is 35.9 Å². The van der Waals surface area contributed by atoms with Gasteiger partial charge in [-0.1, -0.05) is 6.92 Å². The number of hydrogen-bond acceptors (Lipinski definition) is 6. The number of benzene rings is 1. The molecule has 28 heavy (non-hydrogen) atoms. The van der Waals surface area contributed by atoms with Crippen LogP contribution in [0.4, 0.5) is 4.39 Å². The van der Waals surface area contributed by atoms with E-state index in [4.69, 9.17) is 4.74 Å². The van der Waals surface area contributed by atoms with Crippen molar-refractivity contribution in [1.29, 1.82) is 0 Å². The Labute approximate surface area is 161 Å². The quantitative estimate of drug-likeness (QED) is 0.540. The molecular weight excluding hydrogens is 363 g/mol. The third-order valence-electron chi connectivity index (χ3n) is 4.28. The highest BCUT2D eigenvalue weighted by molar-refractivity contribution is 5.98. The molecule has 0 spiro atoms. The van der Waals surface area contributed by atoms with E-state index in [-0.39, 0.29) is 5.75 Å². The standard InChI is InChI=1S/C19H21FN6O2/c1-4-12-16(13-8-24-25-18(13)19(17(12)20)28-5-2)14-9-26(7-6-22-14)10-15(21-3)23-11-27/h6,8-11H,3-5,7H2,1-2H3,(H,23,27)(H,24,25)/b15-10+. The third kappa shape index (κ3) is 3.51. The first-order chi connectivity index (χ1) is 13.6. The van der Waals surface area contributed by atoms with Gasteiger partial charge in [0.25, 0.3) is 0 Å². The second kappa shape index (κ2) is 8.47. The molecule has 9 heteroatoms. The Morgan fingerprint density at radius 2 is 2.36 bits per heavy atom. The maximum atomic E-state index is 15.2. The molecule has 0 saturated carbocycles. The smallest absolute Gasteiger partial charge is 0.212 e. The summed E-state index contributed by atoms with van der Waals surface area (Å²) >= 11 is 0. The van der Waals surface area contributed by atoms with Gasteiger partial charge in [-0.15, -0.1) is 0 Å². The summed E-state index contributed by atoms with van der Waals surface area (Å²) < 4.78 is 20.7. The molecule has 1 aliphatic heterocycles. The molecule has 2 N–H and O–H groups in total. The van der Waals surface area contributed by atoms with Gasteiger partial charge in [0.15, 0.2) is 11.6 Å². The minimum absolute atomic E-state index is 0.168. The van der Waals surface area contributed by atoms with Crippen LogP contribution in [0.15, 0.2) is 34.4 Å². The van der Waals surface area contributed by atoms with Crippen molar-refractivity contribution in [2.75, 3.05) is 13.2 Å². The molecular formula is C19H21FN6O2. The van der Waals surface area contributed by atoms with Crippen molar-refractivity contribution in [3.63, 3.8) is 0 Å². The minimum Gasteiger partial charge on any atom is -0.489 e. The summed E-state index contributed by atoms with van der Waals surface area (Å²) in [5.41, 5.74) is 2.21. The van der Waals surface area contributed by atoms with Crippen molar-refractivity contribution in [1.82, 2.24) is 20.4 Å². The molecule has 0 radical (unpaired) electrons. The third-order valence-corrected chi connectivity index (χ3v) is 4.28. The fourth-order valence-corrected chi connectivity index (χ4v) is 3.11. The summed E-state index contributed by atoms with van der Waals surface area (Å²) in [5, 5.41) is 10.1. The van der Waals surface area contributed by atoms with Gasteiger partial charge in [0.05, 0.1) is 25.0 Å². The lowest BCUT2D eigenvalue weighted by molar-refractivity contribution is -0.108. The van der Waals surface area contributed by atoms with E-state index in [9.17, 15) is 4.79 Å². The summed E-state index contributed by atoms with van der Waals surface area (Å²) in [6.07, 6.45) is 7.70. The lowest BCUT2D eigenvalue weighted by atomic mass is 9.97. The average Bonchev–Trinajstić information content (AvgIpc) is 3.18. The van der Waals surface area contributed by atoms with Crippen molar-refractivity contribution in [3.8, 4) is 5.75 Å². The van der Waals surface area contributed by atoms with Crippen LogP contribution >= 0.6 is 0 Å². The predicted molar refractivity (Wildman–Crippen MR) is 107 cm³/mol. The van der Waals surface area contributed by atoms with Crippen molar-refractivity contribution in [2.45, 2.75) is 20.3 Å². The van der Waals surface area contributed by atoms with Crippen LogP contribution in [-0.2, 0) is 11.2 Å². The number of aliphatic imine (C=N–C) groups is 2. The number of nitrogens with one attached hydrogen (secondary N) is 2. The van der Waals surface area contributed by atoms with Gasteiger partial charge in [0, 0.05) is 35.1 Å². The normalized spacial score (nSPS) is 14.2. The van der Waals surface area contributed by atoms with Gasteiger partial charge in [-0.05, 0) is 20.1 Å². The number of nitrogens with zero attached hydrogens (tertiary/aromatic N) is 4. The summed E-state index contributed by atoms with van der Waals surface area (Å²) in [6.45, 7) is 7.92. The highest BCUT2D eigenvalue weighted by Crippen LogP contribution is 2.38. The van der Waals surface area contributed by atoms with E-state index in [0.717, 1.165) is 5.39 Å². The van der Waals surface area contributed by atoms with E-state index in [0.29, 0.717) is 54.1 Å². The van der Waals surface area contributed by atoms with E-state index in [2.05, 4.69) is 32.2 Å². The zero-order valence-electron chi connectivity index (χ0n) is 15.7. The Morgan fingerprint density at radius 3 is 3.04 bits per heavy atom. The maximum Gasteiger partial charge on any atom is 0.212 e. The molecule has 1 aromatic heterocycles. The number of rotatable bonds is 8. The topological polar surface area (TPSA) is 95.0 Å². The molecule has 8 nitrogen and oxygen atoms in total. The first kappa shape index (κ1) is 19.3. The molecule has 146 valence electrons. The van der Waals surface area contributed by atoms with Crippen LogP contribution in [0, 0.1) is 5.82 Å². The second-order valence-electron chi connectivity index (χ2n) is 5.90. The average molecular weight is 384 g/mol. The molecule has 0 saturated heterocycles. The molecule has 1 aromatic carbocycles. The zero-order chi connectivity index (χ0) is 20.1. The van der Waals surface area contributed by atoms with Crippen LogP contribution in [0.1, 0.15) is 25.0 Å². The fourth-order valence-electron chi connectivity index (χ4n) is 3.11. The number of fused-ring (bicyclic) bond motifs is 1. The fraction of sp³-hybridized carbons (Fsp3) is 0.263. The van der Waals surface area contributed by atoms with Gasteiger partial charge in [-0.3, -0.25) is 14.9 Å². The van der Waals surface area contributed by atoms with Crippen LogP contribution < -0.4 is 10.1 Å². The molecule has 1 amide bonds. The van der Waals surface area contributed by atoms with Crippen molar-refractivity contribution < 1.29 is 13.9 Å². The van der Waals surface area contributed by atoms with Crippen LogP contribution in [-0.4, -0.2) is 47.6 Å². The summed E-state index contributed by atoms with van der Waals surface area (Å²) in [5.74, 6) is 0.0416. The molecule has 2 heterocycles. The van der Waals surface area contributed by atoms with Gasteiger partial charge in [-0.2, -0.15) is 5.10 Å². The number of halogens is 1. The highest BCUT2D eigenvalue weighted by atomic mass is 19.1.